The van der Waals surface area contributed by atoms with Crippen molar-refractivity contribution in [2.24, 2.45) is 0 Å². The minimum Gasteiger partial charge on any atom is -0.375 e. The Hall–Kier alpha value is -1.53. The summed E-state index contributed by atoms with van der Waals surface area (Å²) in [5, 5.41) is 3.34. The Balaban J connectivity index is 1.82. The zero-order chi connectivity index (χ0) is 12.1. The van der Waals surface area contributed by atoms with E-state index >= 15 is 0 Å². The van der Waals surface area contributed by atoms with Gasteiger partial charge in [-0.05, 0) is 12.1 Å². The third kappa shape index (κ3) is 3.76. The Morgan fingerprint density at radius 3 is 2.82 bits per heavy atom. The van der Waals surface area contributed by atoms with Crippen molar-refractivity contribution in [3.05, 3.63) is 36.5 Å². The number of nitrogen functional groups attached to an aromatic ring is 1. The van der Waals surface area contributed by atoms with Crippen molar-refractivity contribution in [1.82, 2.24) is 4.98 Å². The lowest BCUT2D eigenvalue weighted by Crippen LogP contribution is -2.13. The van der Waals surface area contributed by atoms with Gasteiger partial charge >= 0.3 is 0 Å². The quantitative estimate of drug-likeness (QED) is 0.833. The maximum absolute atomic E-state index is 11.6. The van der Waals surface area contributed by atoms with E-state index in [1.54, 1.807) is 6.20 Å². The van der Waals surface area contributed by atoms with Gasteiger partial charge in [0.15, 0.2) is 5.13 Å². The van der Waals surface area contributed by atoms with Crippen LogP contribution in [-0.4, -0.2) is 16.6 Å². The molecule has 0 saturated heterocycles. The molecular weight excluding hydrogens is 254 g/mol. The summed E-state index contributed by atoms with van der Waals surface area (Å²) < 4.78 is 0.950. The van der Waals surface area contributed by atoms with Crippen molar-refractivity contribution < 1.29 is 4.79 Å². The second kappa shape index (κ2) is 5.70. The number of carbonyl (C=O) groups is 1. The van der Waals surface area contributed by atoms with Crippen LogP contribution in [0.15, 0.2) is 40.7 Å². The molecule has 6 heteroatoms. The van der Waals surface area contributed by atoms with Gasteiger partial charge in [0.05, 0.1) is 16.2 Å². The summed E-state index contributed by atoms with van der Waals surface area (Å²) in [5.74, 6) is 0.324. The fraction of sp³-hybridized carbons (Fsp3) is 0.0909. The van der Waals surface area contributed by atoms with Crippen LogP contribution in [0.2, 0.25) is 0 Å². The Morgan fingerprint density at radius 1 is 1.41 bits per heavy atom. The molecular formula is C11H11N3OS2. The minimum atomic E-state index is -0.0341. The van der Waals surface area contributed by atoms with E-state index in [1.807, 2.05) is 30.3 Å². The molecule has 4 nitrogen and oxygen atoms in total. The van der Waals surface area contributed by atoms with Crippen LogP contribution in [0.1, 0.15) is 0 Å². The highest BCUT2D eigenvalue weighted by Crippen LogP contribution is 2.26. The molecule has 2 aromatic rings. The van der Waals surface area contributed by atoms with Crippen molar-refractivity contribution in [2.75, 3.05) is 16.8 Å². The van der Waals surface area contributed by atoms with Crippen molar-refractivity contribution in [1.29, 1.82) is 0 Å². The summed E-state index contributed by atoms with van der Waals surface area (Å²) in [7, 11) is 0. The Morgan fingerprint density at radius 2 is 2.18 bits per heavy atom. The van der Waals surface area contributed by atoms with Gasteiger partial charge in [0.25, 0.3) is 0 Å². The van der Waals surface area contributed by atoms with Gasteiger partial charge in [0.2, 0.25) is 5.91 Å². The fourth-order valence-electron chi connectivity index (χ4n) is 1.19. The number of rotatable bonds is 4. The number of benzene rings is 1. The minimum absolute atomic E-state index is 0.0341. The van der Waals surface area contributed by atoms with Crippen molar-refractivity contribution in [3.8, 4) is 0 Å². The Kier molecular flexibility index (Phi) is 4.00. The number of hydrogen-bond donors (Lipinski definition) is 2. The van der Waals surface area contributed by atoms with Crippen LogP contribution in [0.25, 0.3) is 0 Å². The fourth-order valence-corrected chi connectivity index (χ4v) is 2.75. The number of thioether (sulfide) groups is 1. The molecule has 88 valence electrons. The van der Waals surface area contributed by atoms with Crippen LogP contribution >= 0.6 is 23.1 Å². The van der Waals surface area contributed by atoms with Gasteiger partial charge in [0, 0.05) is 5.69 Å². The summed E-state index contributed by atoms with van der Waals surface area (Å²) in [5.41, 5.74) is 6.31. The number of anilines is 2. The lowest BCUT2D eigenvalue weighted by Gasteiger charge is -2.03. The van der Waals surface area contributed by atoms with Crippen LogP contribution in [0.5, 0.6) is 0 Å². The van der Waals surface area contributed by atoms with E-state index in [9.17, 15) is 4.79 Å². The van der Waals surface area contributed by atoms with Crippen LogP contribution < -0.4 is 11.1 Å². The van der Waals surface area contributed by atoms with Crippen molar-refractivity contribution in [2.45, 2.75) is 4.21 Å². The molecule has 0 saturated carbocycles. The molecule has 0 aliphatic rings. The molecule has 1 heterocycles. The average Bonchev–Trinajstić information content (AvgIpc) is 2.74. The maximum atomic E-state index is 11.6. The molecule has 0 unspecified atom stereocenters. The average molecular weight is 265 g/mol. The monoisotopic (exact) mass is 265 g/mol. The molecule has 0 aliphatic heterocycles. The number of nitrogens with two attached hydrogens (primary N) is 1. The zero-order valence-electron chi connectivity index (χ0n) is 8.92. The molecule has 1 aromatic heterocycles. The van der Waals surface area contributed by atoms with Gasteiger partial charge < -0.3 is 11.1 Å². The molecule has 1 aromatic carbocycles. The summed E-state index contributed by atoms with van der Waals surface area (Å²) >= 11 is 2.82. The van der Waals surface area contributed by atoms with Gasteiger partial charge in [-0.1, -0.05) is 29.5 Å². The zero-order valence-corrected chi connectivity index (χ0v) is 10.6. The Bertz CT molecular complexity index is 498. The number of hydrogen-bond acceptors (Lipinski definition) is 5. The molecule has 0 aliphatic carbocycles. The van der Waals surface area contributed by atoms with Gasteiger partial charge in [-0.2, -0.15) is 0 Å². The van der Waals surface area contributed by atoms with Gasteiger partial charge in [-0.3, -0.25) is 4.79 Å². The van der Waals surface area contributed by atoms with Crippen molar-refractivity contribution >= 4 is 39.8 Å². The van der Waals surface area contributed by atoms with E-state index in [-0.39, 0.29) is 5.91 Å². The number of carbonyl (C=O) groups excluding carboxylic acids is 1. The van der Waals surface area contributed by atoms with Crippen LogP contribution in [0, 0.1) is 0 Å². The van der Waals surface area contributed by atoms with Crippen LogP contribution in [-0.2, 0) is 4.79 Å². The predicted molar refractivity (Wildman–Crippen MR) is 72.3 cm³/mol. The summed E-state index contributed by atoms with van der Waals surface area (Å²) in [6, 6.07) is 9.38. The molecule has 0 bridgehead atoms. The third-order valence-electron chi connectivity index (χ3n) is 1.91. The number of thiazole rings is 1. The largest absolute Gasteiger partial charge is 0.375 e. The number of para-hydroxylation sites is 1. The van der Waals surface area contributed by atoms with E-state index < -0.39 is 0 Å². The molecule has 0 spiro atoms. The van der Waals surface area contributed by atoms with Gasteiger partial charge in [0.1, 0.15) is 0 Å². The second-order valence-corrected chi connectivity index (χ2v) is 5.56. The highest BCUT2D eigenvalue weighted by atomic mass is 32.2. The Labute approximate surface area is 107 Å². The third-order valence-corrected chi connectivity index (χ3v) is 3.93. The lowest BCUT2D eigenvalue weighted by atomic mass is 10.3. The van der Waals surface area contributed by atoms with E-state index in [2.05, 4.69) is 10.3 Å². The van der Waals surface area contributed by atoms with E-state index in [1.165, 1.54) is 23.1 Å². The SMILES string of the molecule is Nc1ncc(SCC(=O)Nc2ccccc2)s1. The molecule has 0 fully saturated rings. The molecule has 17 heavy (non-hydrogen) atoms. The lowest BCUT2D eigenvalue weighted by molar-refractivity contribution is -0.113. The van der Waals surface area contributed by atoms with Crippen LogP contribution in [0.4, 0.5) is 10.8 Å². The highest BCUT2D eigenvalue weighted by Gasteiger charge is 2.05. The van der Waals surface area contributed by atoms with E-state index in [4.69, 9.17) is 5.73 Å². The van der Waals surface area contributed by atoms with Gasteiger partial charge in [-0.15, -0.1) is 11.8 Å². The molecule has 0 atom stereocenters. The normalized spacial score (nSPS) is 10.1. The molecule has 1 amide bonds. The van der Waals surface area contributed by atoms with E-state index in [0.717, 1.165) is 9.90 Å². The predicted octanol–water partition coefficient (Wildman–Crippen LogP) is 2.46. The number of nitrogens with zero attached hydrogens (tertiary/aromatic N) is 1. The first-order valence-corrected chi connectivity index (χ1v) is 6.73. The summed E-state index contributed by atoms with van der Waals surface area (Å²) in [6.07, 6.45) is 1.68. The van der Waals surface area contributed by atoms with Crippen LogP contribution in [0.3, 0.4) is 0 Å². The topological polar surface area (TPSA) is 68.0 Å². The summed E-state index contributed by atoms with van der Waals surface area (Å²) in [6.45, 7) is 0. The first-order chi connectivity index (χ1) is 8.24. The first-order valence-electron chi connectivity index (χ1n) is 4.93. The van der Waals surface area contributed by atoms with E-state index in [0.29, 0.717) is 10.9 Å². The second-order valence-electron chi connectivity index (χ2n) is 3.22. The van der Waals surface area contributed by atoms with Crippen molar-refractivity contribution in [3.63, 3.8) is 0 Å². The maximum Gasteiger partial charge on any atom is 0.234 e. The summed E-state index contributed by atoms with van der Waals surface area (Å²) in [4.78, 5) is 15.5. The molecule has 2 rings (SSSR count). The number of amides is 1. The first kappa shape index (κ1) is 11.9. The smallest absolute Gasteiger partial charge is 0.234 e. The highest BCUT2D eigenvalue weighted by molar-refractivity contribution is 8.01. The van der Waals surface area contributed by atoms with Gasteiger partial charge in [-0.25, -0.2) is 4.98 Å². The number of aromatic nitrogens is 1. The standard InChI is InChI=1S/C11H11N3OS2/c12-11-13-6-10(17-11)16-7-9(15)14-8-4-2-1-3-5-8/h1-6H,7H2,(H2,12,13)(H,14,15). The molecule has 3 N–H and O–H groups in total. The molecule has 0 radical (unpaired) electrons. The number of nitrogens with one attached hydrogen (secondary N) is 1.